The molecule has 0 amide bonds. The van der Waals surface area contributed by atoms with Crippen molar-refractivity contribution >= 4 is 28.9 Å². The molecule has 1 aromatic heterocycles. The fourth-order valence-electron chi connectivity index (χ4n) is 2.25. The standard InChI is InChI=1S/C18H22N2O3S/c1-6-15(21)20-17(23-16(22)7-2)13(5)24-18(20)19-14-9-8-11(3)10-12(14)4/h8-10H,6-7H2,1-5H3. The molecule has 0 bridgehead atoms. The number of thiazole rings is 1. The van der Waals surface area contributed by atoms with E-state index in [4.69, 9.17) is 4.74 Å². The molecule has 0 aliphatic rings. The van der Waals surface area contributed by atoms with E-state index in [1.165, 1.54) is 15.9 Å². The first-order valence-electron chi connectivity index (χ1n) is 7.95. The number of hydrogen-bond acceptors (Lipinski definition) is 5. The van der Waals surface area contributed by atoms with Crippen molar-refractivity contribution in [1.82, 2.24) is 4.57 Å². The zero-order valence-electron chi connectivity index (χ0n) is 14.7. The van der Waals surface area contributed by atoms with Crippen molar-refractivity contribution < 1.29 is 14.3 Å². The van der Waals surface area contributed by atoms with Crippen LogP contribution in [0.1, 0.15) is 47.5 Å². The highest BCUT2D eigenvalue weighted by Crippen LogP contribution is 2.24. The summed E-state index contributed by atoms with van der Waals surface area (Å²) in [6.07, 6.45) is 0.548. The third-order valence-electron chi connectivity index (χ3n) is 3.56. The van der Waals surface area contributed by atoms with Crippen LogP contribution in [0.25, 0.3) is 0 Å². The van der Waals surface area contributed by atoms with Gasteiger partial charge in [-0.1, -0.05) is 42.9 Å². The maximum Gasteiger partial charge on any atom is 0.312 e. The molecule has 0 atom stereocenters. The smallest absolute Gasteiger partial charge is 0.312 e. The van der Waals surface area contributed by atoms with Crippen molar-refractivity contribution in [2.45, 2.75) is 47.5 Å². The van der Waals surface area contributed by atoms with E-state index in [1.807, 2.05) is 39.0 Å². The highest BCUT2D eigenvalue weighted by molar-refractivity contribution is 7.09. The van der Waals surface area contributed by atoms with E-state index in [1.54, 1.807) is 13.8 Å². The summed E-state index contributed by atoms with van der Waals surface area (Å²) in [5, 5.41) is 0. The van der Waals surface area contributed by atoms with Crippen LogP contribution in [0.15, 0.2) is 23.2 Å². The summed E-state index contributed by atoms with van der Waals surface area (Å²) >= 11 is 1.34. The van der Waals surface area contributed by atoms with Gasteiger partial charge in [-0.05, 0) is 32.4 Å². The van der Waals surface area contributed by atoms with Crippen LogP contribution >= 0.6 is 11.3 Å². The van der Waals surface area contributed by atoms with Crippen molar-refractivity contribution in [2.75, 3.05) is 0 Å². The molecule has 1 heterocycles. The molecule has 0 spiro atoms. The summed E-state index contributed by atoms with van der Waals surface area (Å²) in [7, 11) is 0. The number of benzene rings is 1. The average molecular weight is 346 g/mol. The number of aromatic nitrogens is 1. The minimum absolute atomic E-state index is 0.151. The van der Waals surface area contributed by atoms with Gasteiger partial charge in [-0.25, -0.2) is 9.56 Å². The van der Waals surface area contributed by atoms with E-state index in [2.05, 4.69) is 4.99 Å². The lowest BCUT2D eigenvalue weighted by Crippen LogP contribution is -2.24. The Morgan fingerprint density at radius 2 is 1.88 bits per heavy atom. The van der Waals surface area contributed by atoms with E-state index in [9.17, 15) is 9.59 Å². The number of carbonyl (C=O) groups excluding carboxylic acids is 2. The molecule has 1 aromatic carbocycles. The van der Waals surface area contributed by atoms with Crippen LogP contribution in [0.3, 0.4) is 0 Å². The Kier molecular flexibility index (Phi) is 5.72. The van der Waals surface area contributed by atoms with Gasteiger partial charge in [0.25, 0.3) is 0 Å². The molecule has 2 aromatic rings. The fraction of sp³-hybridized carbons (Fsp3) is 0.389. The zero-order valence-corrected chi connectivity index (χ0v) is 15.5. The number of rotatable bonds is 4. The first-order chi connectivity index (χ1) is 11.4. The molecule has 128 valence electrons. The normalized spacial score (nSPS) is 11.6. The van der Waals surface area contributed by atoms with Crippen LogP contribution < -0.4 is 9.54 Å². The number of esters is 1. The quantitative estimate of drug-likeness (QED) is 0.784. The van der Waals surface area contributed by atoms with Crippen molar-refractivity contribution in [2.24, 2.45) is 4.99 Å². The van der Waals surface area contributed by atoms with Crippen LogP contribution in [-0.4, -0.2) is 16.4 Å². The lowest BCUT2D eigenvalue weighted by Gasteiger charge is -2.07. The summed E-state index contributed by atoms with van der Waals surface area (Å²) in [5.74, 6) is -0.240. The average Bonchev–Trinajstić information content (AvgIpc) is 2.84. The first-order valence-corrected chi connectivity index (χ1v) is 8.77. The number of nitrogens with zero attached hydrogens (tertiary/aromatic N) is 2. The van der Waals surface area contributed by atoms with Crippen LogP contribution in [0.5, 0.6) is 5.88 Å². The Balaban J connectivity index is 2.65. The van der Waals surface area contributed by atoms with E-state index >= 15 is 0 Å². The predicted octanol–water partition coefficient (Wildman–Crippen LogP) is 4.07. The Hall–Kier alpha value is -2.21. The van der Waals surface area contributed by atoms with Crippen LogP contribution in [0.2, 0.25) is 0 Å². The van der Waals surface area contributed by atoms with Gasteiger partial charge < -0.3 is 4.74 Å². The molecule has 0 radical (unpaired) electrons. The summed E-state index contributed by atoms with van der Waals surface area (Å²) in [6.45, 7) is 9.32. The predicted molar refractivity (Wildman–Crippen MR) is 95.0 cm³/mol. The van der Waals surface area contributed by atoms with Gasteiger partial charge in [0.2, 0.25) is 11.8 Å². The third kappa shape index (κ3) is 3.82. The monoisotopic (exact) mass is 346 g/mol. The van der Waals surface area contributed by atoms with Gasteiger partial charge in [0.05, 0.1) is 10.6 Å². The van der Waals surface area contributed by atoms with Gasteiger partial charge in [0, 0.05) is 12.8 Å². The van der Waals surface area contributed by atoms with Gasteiger partial charge >= 0.3 is 5.97 Å². The zero-order chi connectivity index (χ0) is 17.9. The van der Waals surface area contributed by atoms with Crippen LogP contribution in [0, 0.1) is 20.8 Å². The third-order valence-corrected chi connectivity index (χ3v) is 4.50. The number of carbonyl (C=O) groups is 2. The van der Waals surface area contributed by atoms with Crippen molar-refractivity contribution in [3.8, 4) is 5.88 Å². The molecule has 0 saturated carbocycles. The largest absolute Gasteiger partial charge is 0.408 e. The van der Waals surface area contributed by atoms with Crippen molar-refractivity contribution in [3.63, 3.8) is 0 Å². The summed E-state index contributed by atoms with van der Waals surface area (Å²) in [4.78, 5) is 30.0. The Bertz CT molecular complexity index is 846. The second-order valence-electron chi connectivity index (χ2n) is 5.56. The minimum Gasteiger partial charge on any atom is -0.408 e. The molecule has 0 aliphatic heterocycles. The SMILES string of the molecule is CCC(=O)Oc1c(C)sc(=Nc2ccc(C)cc2C)n1C(=O)CC. The molecule has 24 heavy (non-hydrogen) atoms. The van der Waals surface area contributed by atoms with Gasteiger partial charge in [0.1, 0.15) is 0 Å². The molecular weight excluding hydrogens is 324 g/mol. The topological polar surface area (TPSA) is 60.7 Å². The lowest BCUT2D eigenvalue weighted by molar-refractivity contribution is -0.134. The van der Waals surface area contributed by atoms with Crippen molar-refractivity contribution in [3.05, 3.63) is 39.0 Å². The van der Waals surface area contributed by atoms with Gasteiger partial charge in [-0.15, -0.1) is 0 Å². The minimum atomic E-state index is -0.369. The summed E-state index contributed by atoms with van der Waals surface area (Å²) < 4.78 is 6.78. The Morgan fingerprint density at radius 3 is 2.46 bits per heavy atom. The summed E-state index contributed by atoms with van der Waals surface area (Å²) in [5.41, 5.74) is 2.99. The maximum absolute atomic E-state index is 12.4. The van der Waals surface area contributed by atoms with Crippen LogP contribution in [-0.2, 0) is 4.79 Å². The van der Waals surface area contributed by atoms with Gasteiger partial charge in [-0.2, -0.15) is 0 Å². The van der Waals surface area contributed by atoms with Gasteiger partial charge in [0.15, 0.2) is 4.80 Å². The second-order valence-corrected chi connectivity index (χ2v) is 6.74. The number of ether oxygens (including phenoxy) is 1. The highest BCUT2D eigenvalue weighted by Gasteiger charge is 2.19. The maximum atomic E-state index is 12.4. The van der Waals surface area contributed by atoms with E-state index < -0.39 is 0 Å². The molecule has 0 fully saturated rings. The molecular formula is C18H22N2O3S. The Labute approximate surface area is 145 Å². The van der Waals surface area contributed by atoms with Crippen LogP contribution in [0.4, 0.5) is 5.69 Å². The Morgan fingerprint density at radius 1 is 1.17 bits per heavy atom. The molecule has 0 aliphatic carbocycles. The molecule has 0 N–H and O–H groups in total. The highest BCUT2D eigenvalue weighted by atomic mass is 32.1. The molecule has 0 unspecified atom stereocenters. The van der Waals surface area contributed by atoms with E-state index in [0.29, 0.717) is 11.2 Å². The fourth-order valence-corrected chi connectivity index (χ4v) is 3.17. The molecule has 5 nitrogen and oxygen atoms in total. The van der Waals surface area contributed by atoms with Gasteiger partial charge in [-0.3, -0.25) is 9.59 Å². The van der Waals surface area contributed by atoms with E-state index in [-0.39, 0.29) is 24.2 Å². The molecule has 6 heteroatoms. The number of hydrogen-bond donors (Lipinski definition) is 0. The second kappa shape index (κ2) is 7.57. The summed E-state index contributed by atoms with van der Waals surface area (Å²) in [6, 6.07) is 5.96. The molecule has 2 rings (SSSR count). The lowest BCUT2D eigenvalue weighted by atomic mass is 10.1. The van der Waals surface area contributed by atoms with E-state index in [0.717, 1.165) is 21.7 Å². The number of aryl methyl sites for hydroxylation is 3. The molecule has 0 saturated heterocycles. The van der Waals surface area contributed by atoms with Crippen molar-refractivity contribution in [1.29, 1.82) is 0 Å². The first kappa shape index (κ1) is 18.1.